The molecule has 1 fully saturated rings. The molecule has 0 unspecified atom stereocenters. The number of carboxylic acids is 1. The van der Waals surface area contributed by atoms with Gasteiger partial charge in [0.1, 0.15) is 5.01 Å². The lowest BCUT2D eigenvalue weighted by Crippen LogP contribution is -2.25. The van der Waals surface area contributed by atoms with Crippen LogP contribution in [0.1, 0.15) is 21.9 Å². The van der Waals surface area contributed by atoms with Crippen LogP contribution in [0, 0.1) is 0 Å². The molecule has 1 aromatic rings. The Hall–Kier alpha value is -0.990. The summed E-state index contributed by atoms with van der Waals surface area (Å²) in [6.07, 6.45) is 0.625. The minimum absolute atomic E-state index is 0.0309. The van der Waals surface area contributed by atoms with Crippen molar-refractivity contribution in [2.75, 3.05) is 12.3 Å². The zero-order valence-corrected chi connectivity index (χ0v) is 9.92. The third-order valence-corrected chi connectivity index (χ3v) is 5.02. The highest BCUT2D eigenvalue weighted by atomic mass is 32.2. The van der Waals surface area contributed by atoms with Gasteiger partial charge < -0.3 is 5.11 Å². The van der Waals surface area contributed by atoms with Crippen LogP contribution in [0.5, 0.6) is 0 Å². The van der Waals surface area contributed by atoms with Gasteiger partial charge in [0.05, 0.1) is 12.3 Å². The smallest absolute Gasteiger partial charge is 0.355 e. The van der Waals surface area contributed by atoms with Gasteiger partial charge in [-0.2, -0.15) is 4.31 Å². The zero-order chi connectivity index (χ0) is 11.8. The van der Waals surface area contributed by atoms with E-state index in [1.165, 1.54) is 21.0 Å². The molecule has 2 rings (SSSR count). The summed E-state index contributed by atoms with van der Waals surface area (Å²) in [5, 5.41) is 10.6. The molecule has 0 aliphatic carbocycles. The van der Waals surface area contributed by atoms with Crippen LogP contribution in [0.2, 0.25) is 0 Å². The number of carbonyl (C=O) groups is 1. The van der Waals surface area contributed by atoms with Crippen LogP contribution in [0.4, 0.5) is 0 Å². The van der Waals surface area contributed by atoms with Crippen molar-refractivity contribution in [3.05, 3.63) is 16.1 Å². The summed E-state index contributed by atoms with van der Waals surface area (Å²) in [6, 6.07) is 0. The maximum Gasteiger partial charge on any atom is 0.355 e. The molecule has 0 amide bonds. The first-order valence-corrected chi connectivity index (χ1v) is 7.13. The lowest BCUT2D eigenvalue weighted by atomic mass is 10.5. The molecule has 1 aliphatic rings. The number of rotatable bonds is 3. The van der Waals surface area contributed by atoms with E-state index in [2.05, 4.69) is 4.98 Å². The molecular weight excluding hydrogens is 252 g/mol. The van der Waals surface area contributed by atoms with Gasteiger partial charge in [-0.3, -0.25) is 0 Å². The van der Waals surface area contributed by atoms with Gasteiger partial charge in [0, 0.05) is 11.9 Å². The average Bonchev–Trinajstić information content (AvgIpc) is 2.75. The standard InChI is InChI=1S/C8H10N2O4S2/c11-8(12)6-5-15-7(9-6)4-10-2-1-3-16(10,13)14/h5H,1-4H2,(H,11,12). The van der Waals surface area contributed by atoms with Crippen LogP contribution in [0.15, 0.2) is 5.38 Å². The van der Waals surface area contributed by atoms with E-state index in [4.69, 9.17) is 5.11 Å². The normalized spacial score (nSPS) is 20.0. The fourth-order valence-electron chi connectivity index (χ4n) is 1.50. The summed E-state index contributed by atoms with van der Waals surface area (Å²) in [4.78, 5) is 14.4. The van der Waals surface area contributed by atoms with Crippen molar-refractivity contribution in [2.45, 2.75) is 13.0 Å². The second-order valence-corrected chi connectivity index (χ2v) is 6.47. The van der Waals surface area contributed by atoms with Gasteiger partial charge in [0.25, 0.3) is 0 Å². The first-order chi connectivity index (χ1) is 7.49. The molecule has 0 radical (unpaired) electrons. The lowest BCUT2D eigenvalue weighted by Gasteiger charge is -2.11. The first-order valence-electron chi connectivity index (χ1n) is 4.64. The molecule has 2 heterocycles. The fourth-order valence-corrected chi connectivity index (χ4v) is 3.84. The number of hydrogen-bond acceptors (Lipinski definition) is 5. The van der Waals surface area contributed by atoms with Gasteiger partial charge in [-0.1, -0.05) is 0 Å². The third kappa shape index (κ3) is 2.23. The van der Waals surface area contributed by atoms with Crippen LogP contribution >= 0.6 is 11.3 Å². The minimum Gasteiger partial charge on any atom is -0.476 e. The summed E-state index contributed by atoms with van der Waals surface area (Å²) in [6.45, 7) is 0.671. The molecule has 16 heavy (non-hydrogen) atoms. The van der Waals surface area contributed by atoms with Crippen molar-refractivity contribution in [1.29, 1.82) is 0 Å². The molecule has 1 aromatic heterocycles. The SMILES string of the molecule is O=C(O)c1csc(CN2CCCS2(=O)=O)n1. The Morgan fingerprint density at radius 1 is 1.62 bits per heavy atom. The number of carboxylic acid groups (broad SMARTS) is 1. The van der Waals surface area contributed by atoms with Crippen LogP contribution < -0.4 is 0 Å². The lowest BCUT2D eigenvalue weighted by molar-refractivity contribution is 0.0691. The highest BCUT2D eigenvalue weighted by molar-refractivity contribution is 7.89. The van der Waals surface area contributed by atoms with Crippen molar-refractivity contribution in [1.82, 2.24) is 9.29 Å². The summed E-state index contributed by atoms with van der Waals surface area (Å²) >= 11 is 1.17. The molecule has 1 N–H and O–H groups in total. The minimum atomic E-state index is -3.14. The molecule has 6 nitrogen and oxygen atoms in total. The average molecular weight is 262 g/mol. The van der Waals surface area contributed by atoms with E-state index in [1.807, 2.05) is 0 Å². The molecule has 0 atom stereocenters. The van der Waals surface area contributed by atoms with Crippen LogP contribution in [-0.2, 0) is 16.6 Å². The van der Waals surface area contributed by atoms with Crippen molar-refractivity contribution in [2.24, 2.45) is 0 Å². The van der Waals surface area contributed by atoms with Gasteiger partial charge in [-0.15, -0.1) is 11.3 Å². The summed E-state index contributed by atoms with van der Waals surface area (Å²) in [5.41, 5.74) is -0.0309. The molecule has 8 heteroatoms. The van der Waals surface area contributed by atoms with E-state index < -0.39 is 16.0 Å². The second-order valence-electron chi connectivity index (χ2n) is 3.43. The molecule has 88 valence electrons. The van der Waals surface area contributed by atoms with E-state index in [0.717, 1.165) is 0 Å². The van der Waals surface area contributed by atoms with Gasteiger partial charge in [0.15, 0.2) is 5.69 Å². The highest BCUT2D eigenvalue weighted by Crippen LogP contribution is 2.19. The van der Waals surface area contributed by atoms with E-state index in [1.54, 1.807) is 0 Å². The number of nitrogens with zero attached hydrogens (tertiary/aromatic N) is 2. The van der Waals surface area contributed by atoms with Gasteiger partial charge in [-0.25, -0.2) is 18.2 Å². The van der Waals surface area contributed by atoms with Crippen molar-refractivity contribution in [3.8, 4) is 0 Å². The summed E-state index contributed by atoms with van der Waals surface area (Å²) in [5.74, 6) is -0.920. The summed E-state index contributed by atoms with van der Waals surface area (Å²) in [7, 11) is -3.14. The van der Waals surface area contributed by atoms with E-state index in [9.17, 15) is 13.2 Å². The molecule has 1 aliphatic heterocycles. The maximum atomic E-state index is 11.5. The summed E-state index contributed by atoms with van der Waals surface area (Å²) < 4.78 is 24.3. The van der Waals surface area contributed by atoms with Crippen LogP contribution in [-0.4, -0.2) is 41.1 Å². The molecule has 0 aromatic carbocycles. The van der Waals surface area contributed by atoms with E-state index >= 15 is 0 Å². The van der Waals surface area contributed by atoms with Gasteiger partial charge >= 0.3 is 5.97 Å². The topological polar surface area (TPSA) is 87.6 Å². The Labute approximate surface area is 96.6 Å². The number of hydrogen-bond donors (Lipinski definition) is 1. The molecule has 1 saturated heterocycles. The van der Waals surface area contributed by atoms with Crippen LogP contribution in [0.25, 0.3) is 0 Å². The van der Waals surface area contributed by atoms with Crippen molar-refractivity contribution in [3.63, 3.8) is 0 Å². The Kier molecular flexibility index (Phi) is 2.96. The number of aromatic nitrogens is 1. The van der Waals surface area contributed by atoms with Gasteiger partial charge in [-0.05, 0) is 6.42 Å². The van der Waals surface area contributed by atoms with Crippen molar-refractivity contribution >= 4 is 27.3 Å². The molecule has 0 saturated carbocycles. The highest BCUT2D eigenvalue weighted by Gasteiger charge is 2.29. The fraction of sp³-hybridized carbons (Fsp3) is 0.500. The Morgan fingerprint density at radius 3 is 2.88 bits per heavy atom. The Balaban J connectivity index is 2.12. The Morgan fingerprint density at radius 2 is 2.38 bits per heavy atom. The molecular formula is C8H10N2O4S2. The first kappa shape index (κ1) is 11.5. The predicted molar refractivity (Wildman–Crippen MR) is 57.9 cm³/mol. The van der Waals surface area contributed by atoms with E-state index in [0.29, 0.717) is 18.0 Å². The second kappa shape index (κ2) is 4.11. The molecule has 0 bridgehead atoms. The predicted octanol–water partition coefficient (Wildman–Crippen LogP) is 0.377. The van der Waals surface area contributed by atoms with Gasteiger partial charge in [0.2, 0.25) is 10.0 Å². The number of thiazole rings is 1. The third-order valence-electron chi connectivity index (χ3n) is 2.29. The monoisotopic (exact) mass is 262 g/mol. The quantitative estimate of drug-likeness (QED) is 0.850. The Bertz CT molecular complexity index is 508. The number of aromatic carboxylic acids is 1. The number of sulfonamides is 1. The van der Waals surface area contributed by atoms with Crippen molar-refractivity contribution < 1.29 is 18.3 Å². The largest absolute Gasteiger partial charge is 0.476 e. The zero-order valence-electron chi connectivity index (χ0n) is 8.29. The maximum absolute atomic E-state index is 11.5. The van der Waals surface area contributed by atoms with E-state index in [-0.39, 0.29) is 18.0 Å². The van der Waals surface area contributed by atoms with Crippen LogP contribution in [0.3, 0.4) is 0 Å². The molecule has 0 spiro atoms.